The number of aliphatic hydroxyl groups is 1. The highest BCUT2D eigenvalue weighted by atomic mass is 16.7. The van der Waals surface area contributed by atoms with Gasteiger partial charge in [-0.25, -0.2) is 0 Å². The van der Waals surface area contributed by atoms with Crippen LogP contribution >= 0.6 is 0 Å². The standard InChI is InChI=1S/C16H24O11/c1-7(17)23-6-11(24-8(2)18)12-13(25-9(3)19)14(26-10(4)20)15(22-5)16(21)27-12/h11-16,21H,6H2,1-5H3/t11-,12-,13-,14+,15-,16-/m1/s1. The zero-order valence-corrected chi connectivity index (χ0v) is 15.7. The molecule has 0 aromatic heterocycles. The number of rotatable bonds is 7. The summed E-state index contributed by atoms with van der Waals surface area (Å²) in [5.74, 6) is -2.86. The van der Waals surface area contributed by atoms with Gasteiger partial charge in [0.1, 0.15) is 18.8 Å². The van der Waals surface area contributed by atoms with Crippen LogP contribution < -0.4 is 0 Å². The molecule has 0 radical (unpaired) electrons. The number of hydrogen-bond donors (Lipinski definition) is 1. The first-order chi connectivity index (χ1) is 12.6. The maximum absolute atomic E-state index is 11.6. The van der Waals surface area contributed by atoms with Crippen molar-refractivity contribution < 1.29 is 52.7 Å². The van der Waals surface area contributed by atoms with Crippen LogP contribution in [0.5, 0.6) is 0 Å². The summed E-state index contributed by atoms with van der Waals surface area (Å²) in [6.07, 6.45) is -7.91. The summed E-state index contributed by atoms with van der Waals surface area (Å²) in [5, 5.41) is 10.2. The van der Waals surface area contributed by atoms with Gasteiger partial charge in [0, 0.05) is 34.8 Å². The first-order valence-electron chi connectivity index (χ1n) is 8.08. The summed E-state index contributed by atoms with van der Waals surface area (Å²) in [4.78, 5) is 45.6. The smallest absolute Gasteiger partial charge is 0.303 e. The van der Waals surface area contributed by atoms with Crippen LogP contribution in [0.25, 0.3) is 0 Å². The number of ether oxygens (including phenoxy) is 6. The SMILES string of the molecule is CO[C@@H]1[C@@H](OC(C)=O)[C@H](OC(C)=O)[C@@H]([C@@H](COC(C)=O)OC(C)=O)O[C@H]1O. The normalized spacial score (nSPS) is 28.6. The molecule has 11 nitrogen and oxygen atoms in total. The van der Waals surface area contributed by atoms with Gasteiger partial charge in [0.05, 0.1) is 0 Å². The number of esters is 4. The molecule has 27 heavy (non-hydrogen) atoms. The molecule has 1 aliphatic rings. The van der Waals surface area contributed by atoms with Crippen molar-refractivity contribution in [3.63, 3.8) is 0 Å². The van der Waals surface area contributed by atoms with Crippen LogP contribution in [0.2, 0.25) is 0 Å². The van der Waals surface area contributed by atoms with Gasteiger partial charge in [0.15, 0.2) is 24.6 Å². The van der Waals surface area contributed by atoms with Crippen molar-refractivity contribution >= 4 is 23.9 Å². The first kappa shape index (κ1) is 22.8. The summed E-state index contributed by atoms with van der Waals surface area (Å²) in [5.41, 5.74) is 0. The minimum atomic E-state index is -1.61. The molecule has 1 aliphatic heterocycles. The lowest BCUT2D eigenvalue weighted by molar-refractivity contribution is -0.308. The molecule has 0 spiro atoms. The van der Waals surface area contributed by atoms with Crippen molar-refractivity contribution in [3.05, 3.63) is 0 Å². The van der Waals surface area contributed by atoms with Gasteiger partial charge in [-0.15, -0.1) is 0 Å². The van der Waals surface area contributed by atoms with Gasteiger partial charge in [-0.3, -0.25) is 19.2 Å². The molecule has 11 heteroatoms. The van der Waals surface area contributed by atoms with Gasteiger partial charge in [-0.2, -0.15) is 0 Å². The lowest BCUT2D eigenvalue weighted by Gasteiger charge is -2.44. The van der Waals surface area contributed by atoms with E-state index in [9.17, 15) is 24.3 Å². The molecular weight excluding hydrogens is 368 g/mol. The highest BCUT2D eigenvalue weighted by Gasteiger charge is 2.53. The van der Waals surface area contributed by atoms with Crippen LogP contribution in [0.1, 0.15) is 27.7 Å². The Morgan fingerprint density at radius 2 is 1.44 bits per heavy atom. The fourth-order valence-electron chi connectivity index (χ4n) is 2.66. The maximum atomic E-state index is 11.6. The molecule has 1 fully saturated rings. The molecule has 6 atom stereocenters. The minimum absolute atomic E-state index is 0.436. The Morgan fingerprint density at radius 1 is 0.889 bits per heavy atom. The van der Waals surface area contributed by atoms with Gasteiger partial charge in [0.25, 0.3) is 0 Å². The van der Waals surface area contributed by atoms with Crippen molar-refractivity contribution in [2.75, 3.05) is 13.7 Å². The first-order valence-corrected chi connectivity index (χ1v) is 8.08. The zero-order valence-electron chi connectivity index (χ0n) is 15.7. The number of carbonyl (C=O) groups excluding carboxylic acids is 4. The van der Waals surface area contributed by atoms with E-state index in [4.69, 9.17) is 28.4 Å². The molecule has 1 N–H and O–H groups in total. The Kier molecular flexibility index (Phi) is 8.60. The average Bonchev–Trinajstić information content (AvgIpc) is 2.52. The second-order valence-corrected chi connectivity index (χ2v) is 5.79. The fourth-order valence-corrected chi connectivity index (χ4v) is 2.66. The highest BCUT2D eigenvalue weighted by Crippen LogP contribution is 2.30. The van der Waals surface area contributed by atoms with E-state index in [1.54, 1.807) is 0 Å². The van der Waals surface area contributed by atoms with Crippen LogP contribution in [-0.4, -0.2) is 79.5 Å². The summed E-state index contributed by atoms with van der Waals surface area (Å²) >= 11 is 0. The largest absolute Gasteiger partial charge is 0.462 e. The van der Waals surface area contributed by atoms with Crippen LogP contribution in [0.15, 0.2) is 0 Å². The highest BCUT2D eigenvalue weighted by molar-refractivity contribution is 5.68. The van der Waals surface area contributed by atoms with Crippen molar-refractivity contribution in [2.24, 2.45) is 0 Å². The Hall–Kier alpha value is -2.24. The molecule has 0 aliphatic carbocycles. The third kappa shape index (κ3) is 6.77. The predicted molar refractivity (Wildman–Crippen MR) is 85.0 cm³/mol. The quantitative estimate of drug-likeness (QED) is 0.424. The molecular formula is C16H24O11. The molecule has 0 amide bonds. The Morgan fingerprint density at radius 3 is 1.89 bits per heavy atom. The molecule has 0 bridgehead atoms. The molecule has 0 unspecified atom stereocenters. The van der Waals surface area contributed by atoms with Gasteiger partial charge >= 0.3 is 23.9 Å². The van der Waals surface area contributed by atoms with Crippen LogP contribution in [0.4, 0.5) is 0 Å². The van der Waals surface area contributed by atoms with Gasteiger partial charge in [0.2, 0.25) is 0 Å². The molecule has 0 aromatic carbocycles. The summed E-state index contributed by atoms with van der Waals surface area (Å²) in [6, 6.07) is 0. The molecule has 1 saturated heterocycles. The average molecular weight is 392 g/mol. The lowest BCUT2D eigenvalue weighted by atomic mass is 9.94. The van der Waals surface area contributed by atoms with Crippen molar-refractivity contribution in [1.29, 1.82) is 0 Å². The third-order valence-corrected chi connectivity index (χ3v) is 3.56. The predicted octanol–water partition coefficient (Wildman–Crippen LogP) is -0.923. The lowest BCUT2D eigenvalue weighted by Crippen LogP contribution is -2.64. The van der Waals surface area contributed by atoms with E-state index in [0.29, 0.717) is 0 Å². The molecule has 1 heterocycles. The number of carbonyl (C=O) groups is 4. The monoisotopic (exact) mass is 392 g/mol. The number of aliphatic hydroxyl groups excluding tert-OH is 1. The van der Waals surface area contributed by atoms with Crippen LogP contribution in [-0.2, 0) is 47.6 Å². The van der Waals surface area contributed by atoms with Crippen molar-refractivity contribution in [1.82, 2.24) is 0 Å². The Balaban J connectivity index is 3.26. The van der Waals surface area contributed by atoms with E-state index in [1.807, 2.05) is 0 Å². The van der Waals surface area contributed by atoms with E-state index in [1.165, 1.54) is 7.11 Å². The van der Waals surface area contributed by atoms with Crippen LogP contribution in [0, 0.1) is 0 Å². The Bertz CT molecular complexity index is 561. The van der Waals surface area contributed by atoms with E-state index in [0.717, 1.165) is 27.7 Å². The zero-order chi connectivity index (χ0) is 20.7. The fraction of sp³-hybridized carbons (Fsp3) is 0.750. The second kappa shape index (κ2) is 10.2. The summed E-state index contributed by atoms with van der Waals surface area (Å²) in [6.45, 7) is 4.06. The molecule has 0 saturated carbocycles. The van der Waals surface area contributed by atoms with Crippen molar-refractivity contribution in [3.8, 4) is 0 Å². The van der Waals surface area contributed by atoms with Crippen molar-refractivity contribution in [2.45, 2.75) is 64.5 Å². The Labute approximate surface area is 155 Å². The van der Waals surface area contributed by atoms with E-state index in [-0.39, 0.29) is 0 Å². The summed E-state index contributed by atoms with van der Waals surface area (Å²) in [7, 11) is 1.24. The van der Waals surface area contributed by atoms with E-state index in [2.05, 4.69) is 0 Å². The van der Waals surface area contributed by atoms with Gasteiger partial charge in [-0.1, -0.05) is 0 Å². The number of methoxy groups -OCH3 is 1. The number of hydrogen-bond acceptors (Lipinski definition) is 11. The van der Waals surface area contributed by atoms with E-state index < -0.39 is 67.3 Å². The molecule has 0 aromatic rings. The maximum Gasteiger partial charge on any atom is 0.303 e. The molecule has 154 valence electrons. The van der Waals surface area contributed by atoms with Crippen LogP contribution in [0.3, 0.4) is 0 Å². The van der Waals surface area contributed by atoms with Gasteiger partial charge < -0.3 is 33.5 Å². The molecule has 1 rings (SSSR count). The summed E-state index contributed by atoms with van der Waals surface area (Å²) < 4.78 is 30.8. The van der Waals surface area contributed by atoms with E-state index >= 15 is 0 Å². The topological polar surface area (TPSA) is 144 Å². The second-order valence-electron chi connectivity index (χ2n) is 5.79. The van der Waals surface area contributed by atoms with Gasteiger partial charge in [-0.05, 0) is 0 Å². The third-order valence-electron chi connectivity index (χ3n) is 3.56. The minimum Gasteiger partial charge on any atom is -0.462 e.